The van der Waals surface area contributed by atoms with Crippen molar-refractivity contribution in [2.24, 2.45) is 4.99 Å². The molecule has 0 fully saturated rings. The fourth-order valence-electron chi connectivity index (χ4n) is 3.94. The van der Waals surface area contributed by atoms with Crippen molar-refractivity contribution in [3.8, 4) is 11.5 Å². The topological polar surface area (TPSA) is 89.5 Å². The molecule has 0 saturated heterocycles. The molecule has 9 heteroatoms. The lowest BCUT2D eigenvalue weighted by molar-refractivity contribution is -0.136. The van der Waals surface area contributed by atoms with Gasteiger partial charge in [0.1, 0.15) is 11.5 Å². The van der Waals surface area contributed by atoms with E-state index in [0.717, 1.165) is 11.3 Å². The van der Waals surface area contributed by atoms with Crippen molar-refractivity contribution in [1.29, 1.82) is 0 Å². The SMILES string of the molecule is COC(=O)C1=C(C)N=C2SC=C(CC(=O)Nc3cccc(OC)c3)N2C1c1cccc(OC)c1. The summed E-state index contributed by atoms with van der Waals surface area (Å²) >= 11 is 1.42. The lowest BCUT2D eigenvalue weighted by Gasteiger charge is -2.36. The molecule has 4 rings (SSSR count). The van der Waals surface area contributed by atoms with Crippen LogP contribution in [0.15, 0.2) is 75.9 Å². The van der Waals surface area contributed by atoms with E-state index >= 15 is 0 Å². The molecule has 0 aromatic heterocycles. The van der Waals surface area contributed by atoms with E-state index in [4.69, 9.17) is 14.2 Å². The third-order valence-electron chi connectivity index (χ3n) is 5.51. The van der Waals surface area contributed by atoms with E-state index in [9.17, 15) is 9.59 Å². The van der Waals surface area contributed by atoms with Crippen LogP contribution in [-0.2, 0) is 14.3 Å². The molecule has 2 aromatic rings. The van der Waals surface area contributed by atoms with Gasteiger partial charge in [-0.05, 0) is 42.2 Å². The van der Waals surface area contributed by atoms with Crippen molar-refractivity contribution in [1.82, 2.24) is 4.90 Å². The molecule has 0 spiro atoms. The van der Waals surface area contributed by atoms with Crippen molar-refractivity contribution in [3.05, 3.63) is 76.5 Å². The number of amides is 1. The number of hydrogen-bond acceptors (Lipinski definition) is 8. The van der Waals surface area contributed by atoms with E-state index in [1.165, 1.54) is 18.9 Å². The van der Waals surface area contributed by atoms with Crippen molar-refractivity contribution in [2.45, 2.75) is 19.4 Å². The molecule has 2 aliphatic rings. The molecule has 2 aliphatic heterocycles. The molecule has 2 aromatic carbocycles. The first kappa shape index (κ1) is 23.4. The highest BCUT2D eigenvalue weighted by atomic mass is 32.2. The number of nitrogens with zero attached hydrogens (tertiary/aromatic N) is 2. The van der Waals surface area contributed by atoms with E-state index in [1.54, 1.807) is 33.3 Å². The number of ether oxygens (including phenoxy) is 3. The minimum atomic E-state index is -0.513. The number of hydrogen-bond donors (Lipinski definition) is 1. The lowest BCUT2D eigenvalue weighted by Crippen LogP contribution is -2.37. The highest BCUT2D eigenvalue weighted by Gasteiger charge is 2.41. The molecule has 1 unspecified atom stereocenters. The molecule has 1 amide bonds. The Bertz CT molecular complexity index is 1220. The molecule has 0 bridgehead atoms. The largest absolute Gasteiger partial charge is 0.497 e. The van der Waals surface area contributed by atoms with Crippen molar-refractivity contribution in [3.63, 3.8) is 0 Å². The molecule has 0 radical (unpaired) electrons. The van der Waals surface area contributed by atoms with Gasteiger partial charge in [0.2, 0.25) is 5.91 Å². The van der Waals surface area contributed by atoms with Gasteiger partial charge in [0, 0.05) is 17.5 Å². The van der Waals surface area contributed by atoms with E-state index < -0.39 is 12.0 Å². The number of thioether (sulfide) groups is 1. The third kappa shape index (κ3) is 4.65. The second-order valence-corrected chi connectivity index (χ2v) is 8.45. The molecule has 1 N–H and O–H groups in total. The summed E-state index contributed by atoms with van der Waals surface area (Å²) in [4.78, 5) is 32.3. The van der Waals surface area contributed by atoms with Crippen molar-refractivity contribution >= 4 is 34.5 Å². The van der Waals surface area contributed by atoms with E-state index in [1.807, 2.05) is 46.7 Å². The van der Waals surface area contributed by atoms with E-state index in [2.05, 4.69) is 10.3 Å². The van der Waals surface area contributed by atoms with Gasteiger partial charge in [0.25, 0.3) is 0 Å². The molecule has 1 atom stereocenters. The van der Waals surface area contributed by atoms with Crippen LogP contribution < -0.4 is 14.8 Å². The monoisotopic (exact) mass is 479 g/mol. The predicted octanol–water partition coefficient (Wildman–Crippen LogP) is 4.48. The summed E-state index contributed by atoms with van der Waals surface area (Å²) in [6.45, 7) is 1.79. The van der Waals surface area contributed by atoms with E-state index in [-0.39, 0.29) is 12.3 Å². The summed E-state index contributed by atoms with van der Waals surface area (Å²) in [5, 5.41) is 5.50. The van der Waals surface area contributed by atoms with Crippen LogP contribution in [0.25, 0.3) is 0 Å². The minimum absolute atomic E-state index is 0.0944. The summed E-state index contributed by atoms with van der Waals surface area (Å²) < 4.78 is 15.7. The number of methoxy groups -OCH3 is 3. The maximum absolute atomic E-state index is 12.9. The first-order valence-electron chi connectivity index (χ1n) is 10.6. The summed E-state index contributed by atoms with van der Waals surface area (Å²) in [6, 6.07) is 14.2. The van der Waals surface area contributed by atoms with Crippen LogP contribution in [0.2, 0.25) is 0 Å². The Balaban J connectivity index is 1.66. The van der Waals surface area contributed by atoms with Gasteiger partial charge in [-0.15, -0.1) is 0 Å². The number of fused-ring (bicyclic) bond motifs is 1. The molecular formula is C25H25N3O5S. The highest BCUT2D eigenvalue weighted by molar-refractivity contribution is 8.16. The number of amidine groups is 1. The van der Waals surface area contributed by atoms with Gasteiger partial charge in [0.05, 0.1) is 45.1 Å². The molecule has 34 heavy (non-hydrogen) atoms. The molecule has 0 aliphatic carbocycles. The Morgan fingerprint density at radius 3 is 2.47 bits per heavy atom. The molecule has 8 nitrogen and oxygen atoms in total. The summed E-state index contributed by atoms with van der Waals surface area (Å²) in [5.74, 6) is 0.652. The first-order chi connectivity index (χ1) is 16.4. The highest BCUT2D eigenvalue weighted by Crippen LogP contribution is 2.45. The number of nitrogens with one attached hydrogen (secondary N) is 1. The molecular weight excluding hydrogens is 454 g/mol. The van der Waals surface area contributed by atoms with Gasteiger partial charge in [-0.1, -0.05) is 30.0 Å². The molecule has 176 valence electrons. The number of rotatable bonds is 7. The quantitative estimate of drug-likeness (QED) is 0.586. The van der Waals surface area contributed by atoms with Crippen molar-refractivity contribution < 1.29 is 23.8 Å². The summed E-state index contributed by atoms with van der Waals surface area (Å²) in [5.41, 5.74) is 3.19. The predicted molar refractivity (Wildman–Crippen MR) is 132 cm³/mol. The van der Waals surface area contributed by atoms with Crippen molar-refractivity contribution in [2.75, 3.05) is 26.6 Å². The van der Waals surface area contributed by atoms with Gasteiger partial charge in [0.15, 0.2) is 5.17 Å². The number of allylic oxidation sites excluding steroid dienone is 1. The number of carbonyl (C=O) groups excluding carboxylic acids is 2. The zero-order valence-electron chi connectivity index (χ0n) is 19.3. The Hall–Kier alpha value is -3.72. The van der Waals surface area contributed by atoms with Crippen LogP contribution in [0.3, 0.4) is 0 Å². The number of esters is 1. The van der Waals surface area contributed by atoms with Gasteiger partial charge < -0.3 is 24.4 Å². The number of benzene rings is 2. The second-order valence-electron chi connectivity index (χ2n) is 7.62. The van der Waals surface area contributed by atoms with Gasteiger partial charge in [-0.25, -0.2) is 9.79 Å². The Morgan fingerprint density at radius 1 is 1.06 bits per heavy atom. The Labute approximate surface area is 202 Å². The lowest BCUT2D eigenvalue weighted by atomic mass is 9.93. The standard InChI is InChI=1S/C25H25N3O5S/c1-15-22(24(30)33-4)23(16-7-5-9-19(11-16)31-2)28-18(14-34-25(28)26-15)13-21(29)27-17-8-6-10-20(12-17)32-3/h5-12,14,23H,13H2,1-4H3,(H,27,29). The average Bonchev–Trinajstić information content (AvgIpc) is 3.24. The third-order valence-corrected chi connectivity index (χ3v) is 6.40. The van der Waals surface area contributed by atoms with E-state index in [0.29, 0.717) is 33.6 Å². The zero-order valence-corrected chi connectivity index (χ0v) is 20.1. The van der Waals surface area contributed by atoms with Crippen LogP contribution in [0.1, 0.15) is 24.9 Å². The van der Waals surface area contributed by atoms with Crippen LogP contribution in [0.4, 0.5) is 5.69 Å². The molecule has 0 saturated carbocycles. The molecule has 2 heterocycles. The van der Waals surface area contributed by atoms with Gasteiger partial charge in [-0.2, -0.15) is 0 Å². The number of carbonyl (C=O) groups is 2. The van der Waals surface area contributed by atoms with Crippen LogP contribution >= 0.6 is 11.8 Å². The fraction of sp³-hybridized carbons (Fsp3) is 0.240. The smallest absolute Gasteiger partial charge is 0.338 e. The number of aliphatic imine (C=N–C) groups is 1. The second kappa shape index (κ2) is 10.0. The first-order valence-corrected chi connectivity index (χ1v) is 11.4. The number of anilines is 1. The average molecular weight is 480 g/mol. The van der Waals surface area contributed by atoms with Crippen LogP contribution in [0, 0.1) is 0 Å². The Kier molecular flexibility index (Phi) is 6.93. The summed E-state index contributed by atoms with van der Waals surface area (Å²) in [7, 11) is 4.52. The van der Waals surface area contributed by atoms with Crippen LogP contribution in [-0.4, -0.2) is 43.3 Å². The Morgan fingerprint density at radius 2 is 1.76 bits per heavy atom. The fourth-order valence-corrected chi connectivity index (χ4v) is 4.90. The maximum Gasteiger partial charge on any atom is 0.338 e. The van der Waals surface area contributed by atoms with Crippen LogP contribution in [0.5, 0.6) is 11.5 Å². The summed E-state index contributed by atoms with van der Waals surface area (Å²) in [6.07, 6.45) is 0.0944. The van der Waals surface area contributed by atoms with Gasteiger partial charge >= 0.3 is 5.97 Å². The zero-order chi connectivity index (χ0) is 24.2. The maximum atomic E-state index is 12.9. The van der Waals surface area contributed by atoms with Gasteiger partial charge in [-0.3, -0.25) is 4.79 Å². The normalized spacial score (nSPS) is 16.9. The minimum Gasteiger partial charge on any atom is -0.497 e.